The lowest BCUT2D eigenvalue weighted by Gasteiger charge is -2.38. The third-order valence-corrected chi connectivity index (χ3v) is 24.6. The molecular weight excluding hydrogens is 1860 g/mol. The van der Waals surface area contributed by atoms with Crippen LogP contribution in [0.3, 0.4) is 0 Å². The van der Waals surface area contributed by atoms with Gasteiger partial charge in [0.15, 0.2) is 0 Å². The maximum atomic E-state index is 13.5. The number of hydrogen-bond acceptors (Lipinski definition) is 3. The van der Waals surface area contributed by atoms with Gasteiger partial charge in [0.25, 0.3) is 0 Å². The molecule has 0 atom stereocenters. The largest absolute Gasteiger partial charge is 0.457 e. The minimum absolute atomic E-state index is 0.254. The minimum atomic E-state index is -5.52. The highest BCUT2D eigenvalue weighted by Gasteiger charge is 2.72. The number of fused-ring (bicyclic) bond motifs is 3. The molecule has 149 heavy (non-hydrogen) atoms. The average Bonchev–Trinajstić information content (AvgIpc) is 1.57. The second-order valence-electron chi connectivity index (χ2n) is 30.0. The van der Waals surface area contributed by atoms with Gasteiger partial charge in [0, 0.05) is 10.8 Å². The van der Waals surface area contributed by atoms with Gasteiger partial charge in [0.2, 0.25) is 15.3 Å². The zero-order chi connectivity index (χ0) is 112. The van der Waals surface area contributed by atoms with Gasteiger partial charge in [-0.3, -0.25) is 0 Å². The monoisotopic (exact) mass is 2040 g/mol. The summed E-state index contributed by atoms with van der Waals surface area (Å²) >= 11 is 0. The van der Waals surface area contributed by atoms with E-state index < -0.39 is 38.7 Å². The predicted molar refractivity (Wildman–Crippen MR) is 640 cm³/mol. The molecule has 19 rings (SSSR count). The van der Waals surface area contributed by atoms with Gasteiger partial charge >= 0.3 is 12.4 Å². The Bertz CT molecular complexity index is 5480. The van der Waals surface area contributed by atoms with E-state index in [1.165, 1.54) is 137 Å². The Hall–Kier alpha value is -13.2. The van der Waals surface area contributed by atoms with E-state index in [1.54, 1.807) is 60.7 Å². The molecule has 802 valence electrons. The van der Waals surface area contributed by atoms with E-state index in [0.29, 0.717) is 9.79 Å². The van der Waals surface area contributed by atoms with E-state index in [9.17, 15) is 34.8 Å². The normalized spacial score (nSPS) is 11.8. The quantitative estimate of drug-likeness (QED) is 0.108. The van der Waals surface area contributed by atoms with Crippen molar-refractivity contribution in [2.24, 2.45) is 0 Å². The molecule has 0 saturated heterocycles. The van der Waals surface area contributed by atoms with Crippen molar-refractivity contribution in [2.45, 2.75) is 295 Å². The summed E-state index contributed by atoms with van der Waals surface area (Å²) in [6.45, 7) is 56.0. The van der Waals surface area contributed by atoms with Gasteiger partial charge in [-0.2, -0.15) is 26.3 Å². The lowest BCUT2D eigenvalue weighted by molar-refractivity contribution is -0.288. The Morgan fingerprint density at radius 3 is 0.597 bits per heavy atom. The van der Waals surface area contributed by atoms with E-state index >= 15 is 0 Å². The van der Waals surface area contributed by atoms with Crippen LogP contribution in [0.15, 0.2) is 483 Å². The van der Waals surface area contributed by atoms with Gasteiger partial charge in [-0.05, 0) is 152 Å². The molecule has 0 aliphatic heterocycles. The van der Waals surface area contributed by atoms with Crippen molar-refractivity contribution in [1.29, 1.82) is 0 Å². The van der Waals surface area contributed by atoms with Crippen molar-refractivity contribution in [3.63, 3.8) is 0 Å². The summed E-state index contributed by atoms with van der Waals surface area (Å²) in [5, 5.41) is 0. The molecule has 0 aromatic heterocycles. The second-order valence-corrected chi connectivity index (χ2v) is 32.0. The number of sulfone groups is 1. The first-order valence-electron chi connectivity index (χ1n) is 55.1. The highest BCUT2D eigenvalue weighted by molar-refractivity contribution is 7.91. The van der Waals surface area contributed by atoms with Crippen LogP contribution in [0, 0.1) is 0 Å². The SMILES string of the molecule is CC.CC.CC.CC.CC.CC.CC.CC.CC.CC.CC.CC.CC.CC.FC(F)(F)C(c1ccccc1)(c1ccccc1)C(F)(F)F.O=S(=O)(c1ccccc1)c1ccccc1.c1ccc(-c2ccccc2)cc1.c1ccc(C2(c3ccccc3)CCCC2)cc1.c1ccc(C2(c3ccccc3)CCCCC2)cc1.c1ccc(C2(c3ccccc3)c3ccccc3-c3ccccc32)cc1.c1ccc(Oc2ccccc2)cc1. The van der Waals surface area contributed by atoms with E-state index in [-0.39, 0.29) is 16.2 Å². The fraction of sp³-hybridized carbons (Fsp3) is 0.309. The molecule has 0 N–H and O–H groups in total. The first kappa shape index (κ1) is 138. The summed E-state index contributed by atoms with van der Waals surface area (Å²) < 4.78 is 111. The van der Waals surface area contributed by atoms with Gasteiger partial charge < -0.3 is 4.74 Å². The highest BCUT2D eigenvalue weighted by atomic mass is 32.2. The first-order valence-corrected chi connectivity index (χ1v) is 56.6. The molecule has 0 heterocycles. The smallest absolute Gasteiger partial charge is 0.411 e. The van der Waals surface area contributed by atoms with Crippen molar-refractivity contribution in [3.05, 3.63) is 529 Å². The lowest BCUT2D eigenvalue weighted by Crippen LogP contribution is -2.54. The molecule has 0 amide bonds. The first-order chi connectivity index (χ1) is 73.1. The minimum Gasteiger partial charge on any atom is -0.457 e. The van der Waals surface area contributed by atoms with Crippen LogP contribution in [0.25, 0.3) is 22.3 Å². The molecule has 0 spiro atoms. The maximum Gasteiger partial charge on any atom is 0.411 e. The third kappa shape index (κ3) is 40.7. The molecule has 0 bridgehead atoms. The van der Waals surface area contributed by atoms with Crippen LogP contribution in [-0.2, 0) is 31.5 Å². The van der Waals surface area contributed by atoms with Crippen molar-refractivity contribution in [2.75, 3.05) is 0 Å². The second kappa shape index (κ2) is 82.8. The molecule has 3 nitrogen and oxygen atoms in total. The van der Waals surface area contributed by atoms with Crippen LogP contribution in [-0.4, -0.2) is 20.8 Å². The van der Waals surface area contributed by atoms with Crippen molar-refractivity contribution in [1.82, 2.24) is 0 Å². The Morgan fingerprint density at radius 2 is 0.376 bits per heavy atom. The van der Waals surface area contributed by atoms with E-state index in [0.717, 1.165) is 60.0 Å². The van der Waals surface area contributed by atoms with Gasteiger partial charge in [0.05, 0.1) is 15.2 Å². The summed E-state index contributed by atoms with van der Waals surface area (Å²) in [5.41, 5.74) is 11.1. The fourth-order valence-electron chi connectivity index (χ4n) is 17.1. The number of benzene rings is 16. The molecule has 16 aromatic carbocycles. The maximum absolute atomic E-state index is 13.5. The van der Waals surface area contributed by atoms with Crippen LogP contribution in [0.4, 0.5) is 26.3 Å². The fourth-order valence-corrected chi connectivity index (χ4v) is 18.4. The number of rotatable bonds is 13. The zero-order valence-corrected chi connectivity index (χ0v) is 96.1. The van der Waals surface area contributed by atoms with Gasteiger partial charge in [-0.25, -0.2) is 8.42 Å². The summed E-state index contributed by atoms with van der Waals surface area (Å²) in [7, 11) is -3.34. The Kier molecular flexibility index (Phi) is 76.6. The van der Waals surface area contributed by atoms with Crippen molar-refractivity contribution in [3.8, 4) is 33.8 Å². The zero-order valence-electron chi connectivity index (χ0n) is 95.3. The molecule has 3 aliphatic rings. The van der Waals surface area contributed by atoms with Crippen molar-refractivity contribution < 1.29 is 39.5 Å². The molecular formula is C139H180F6O3S. The lowest BCUT2D eigenvalue weighted by atomic mass is 9.65. The van der Waals surface area contributed by atoms with Gasteiger partial charge in [-0.15, -0.1) is 0 Å². The van der Waals surface area contributed by atoms with Crippen LogP contribution in [0.2, 0.25) is 0 Å². The summed E-state index contributed by atoms with van der Waals surface area (Å²) in [4.78, 5) is 0.660. The summed E-state index contributed by atoms with van der Waals surface area (Å²) in [6, 6.07) is 152. The summed E-state index contributed by atoms with van der Waals surface area (Å²) in [6.07, 6.45) is 0.925. The van der Waals surface area contributed by atoms with E-state index in [1.807, 2.05) is 267 Å². The Balaban J connectivity index is 0. The Morgan fingerprint density at radius 1 is 0.201 bits per heavy atom. The van der Waals surface area contributed by atoms with Crippen LogP contribution >= 0.6 is 0 Å². The molecule has 3 aliphatic carbocycles. The summed E-state index contributed by atoms with van der Waals surface area (Å²) in [5.74, 6) is 1.74. The number of ether oxygens (including phenoxy) is 1. The third-order valence-electron chi connectivity index (χ3n) is 22.8. The molecule has 2 fully saturated rings. The topological polar surface area (TPSA) is 43.4 Å². The van der Waals surface area contributed by atoms with Crippen LogP contribution in [0.1, 0.15) is 307 Å². The number of halogens is 6. The average molecular weight is 2050 g/mol. The number of hydrogen-bond donors (Lipinski definition) is 0. The molecule has 0 radical (unpaired) electrons. The number of alkyl halides is 6. The molecule has 2 saturated carbocycles. The molecule has 16 aromatic rings. The van der Waals surface area contributed by atoms with Gasteiger partial charge in [0.1, 0.15) is 11.5 Å². The number of para-hydroxylation sites is 2. The predicted octanol–water partition coefficient (Wildman–Crippen LogP) is 44.3. The molecule has 0 unspecified atom stereocenters. The standard InChI is InChI=1S/C25H18.C18H20.C17H18.C15H10F6.C12H10O2S.C12H10O.C12H10.14C2H6/c1-3-11-19(12-4-1)25(20-13-5-2-6-14-20)23-17-9-7-15-21(23)22-16-8-10-18-24(22)25;1-4-10-16(11-5-1)18(14-8-3-9-15-18)17-12-6-2-7-13-17;1-3-9-15(10-4-1)17(13-7-8-14-17)16-11-5-2-6-12-16;16-14(17,18)13(15(19,20)21,11-7-3-1-4-8-11)12-9-5-2-6-10-12;13-15(14,11-7-3-1-4-8-11)12-9-5-2-6-10-12;1-3-7-11(8-4-1)13-12-9-5-2-6-10-12;1-3-7-11(8-4-1)12-9-5-2-6-10-12;14*1-2/h1-18H;1-2,4-7,10-13H,3,8-9,14-15H2;1-6,9-12H,7-8,13-14H2;1-10H;1-10H;1-10H;1-10H;14*1-2H3. The van der Waals surface area contributed by atoms with Crippen LogP contribution in [0.5, 0.6) is 11.5 Å². The van der Waals surface area contributed by atoms with E-state index in [4.69, 9.17) is 4.74 Å². The molecule has 10 heteroatoms. The van der Waals surface area contributed by atoms with Crippen molar-refractivity contribution >= 4 is 9.84 Å². The van der Waals surface area contributed by atoms with Crippen LogP contribution < -0.4 is 4.74 Å². The van der Waals surface area contributed by atoms with Gasteiger partial charge in [-0.1, -0.05) is 651 Å². The van der Waals surface area contributed by atoms with E-state index in [2.05, 4.69) is 279 Å². The highest BCUT2D eigenvalue weighted by Crippen LogP contribution is 2.58. The Labute approximate surface area is 901 Å².